The number of ether oxygens (including phenoxy) is 1. The number of hydrogen-bond acceptors (Lipinski definition) is 4. The first-order chi connectivity index (χ1) is 9.69. The molecule has 20 heavy (non-hydrogen) atoms. The van der Waals surface area contributed by atoms with Crippen LogP contribution in [0.1, 0.15) is 44.9 Å². The van der Waals surface area contributed by atoms with E-state index in [9.17, 15) is 4.21 Å². The molecule has 1 saturated carbocycles. The smallest absolute Gasteiger partial charge is 0.0702 e. The SMILES string of the molecule is Nc1cnccc1S(=O)CC1CCC2(CCCCC2)O1. The maximum absolute atomic E-state index is 12.4. The summed E-state index contributed by atoms with van der Waals surface area (Å²) in [5.74, 6) is 0.552. The van der Waals surface area contributed by atoms with E-state index < -0.39 is 10.8 Å². The second-order valence-corrected chi connectivity index (χ2v) is 7.41. The summed E-state index contributed by atoms with van der Waals surface area (Å²) in [7, 11) is -1.10. The van der Waals surface area contributed by atoms with E-state index in [2.05, 4.69) is 4.98 Å². The molecule has 0 aromatic carbocycles. The molecule has 5 heteroatoms. The van der Waals surface area contributed by atoms with E-state index in [4.69, 9.17) is 10.5 Å². The van der Waals surface area contributed by atoms with Crippen molar-refractivity contribution in [2.45, 2.75) is 61.5 Å². The molecule has 0 radical (unpaired) electrons. The molecule has 2 atom stereocenters. The van der Waals surface area contributed by atoms with Gasteiger partial charge in [0.2, 0.25) is 0 Å². The van der Waals surface area contributed by atoms with Gasteiger partial charge in [-0.25, -0.2) is 0 Å². The number of hydrogen-bond donors (Lipinski definition) is 1. The molecule has 110 valence electrons. The molecule has 1 aliphatic heterocycles. The minimum Gasteiger partial charge on any atom is -0.396 e. The van der Waals surface area contributed by atoms with E-state index in [0.29, 0.717) is 16.3 Å². The highest BCUT2D eigenvalue weighted by molar-refractivity contribution is 7.85. The molecule has 2 heterocycles. The van der Waals surface area contributed by atoms with E-state index in [0.717, 1.165) is 12.8 Å². The summed E-state index contributed by atoms with van der Waals surface area (Å²) in [6.07, 6.45) is 11.7. The van der Waals surface area contributed by atoms with Gasteiger partial charge >= 0.3 is 0 Å². The Morgan fingerprint density at radius 2 is 2.15 bits per heavy atom. The molecular weight excluding hydrogens is 272 g/mol. The van der Waals surface area contributed by atoms with E-state index in [1.165, 1.54) is 32.1 Å². The van der Waals surface area contributed by atoms with Gasteiger partial charge < -0.3 is 10.5 Å². The first kappa shape index (κ1) is 14.0. The lowest BCUT2D eigenvalue weighted by Crippen LogP contribution is -2.32. The standard InChI is InChI=1S/C15H22N2O2S/c16-13-10-17-9-5-14(13)20(18)11-12-4-8-15(19-12)6-2-1-3-7-15/h5,9-10,12H,1-4,6-8,11,16H2. The Morgan fingerprint density at radius 3 is 2.90 bits per heavy atom. The maximum atomic E-state index is 12.4. The van der Waals surface area contributed by atoms with Crippen LogP contribution in [0.25, 0.3) is 0 Å². The van der Waals surface area contributed by atoms with Crippen LogP contribution in [0.4, 0.5) is 5.69 Å². The summed E-state index contributed by atoms with van der Waals surface area (Å²) < 4.78 is 18.7. The third-order valence-electron chi connectivity index (χ3n) is 4.50. The fourth-order valence-electron chi connectivity index (χ4n) is 3.44. The lowest BCUT2D eigenvalue weighted by Gasteiger charge is -2.33. The van der Waals surface area contributed by atoms with Gasteiger partial charge in [0.1, 0.15) is 0 Å². The lowest BCUT2D eigenvalue weighted by molar-refractivity contribution is -0.0557. The Morgan fingerprint density at radius 1 is 1.35 bits per heavy atom. The zero-order valence-electron chi connectivity index (χ0n) is 11.7. The second kappa shape index (κ2) is 5.82. The van der Waals surface area contributed by atoms with Gasteiger partial charge in [0.05, 0.1) is 45.0 Å². The van der Waals surface area contributed by atoms with Crippen molar-refractivity contribution in [1.29, 1.82) is 0 Å². The molecule has 3 rings (SSSR count). The highest BCUT2D eigenvalue weighted by atomic mass is 32.2. The Kier molecular flexibility index (Phi) is 4.08. The van der Waals surface area contributed by atoms with Crippen molar-refractivity contribution in [3.05, 3.63) is 18.5 Å². The van der Waals surface area contributed by atoms with Crippen LogP contribution in [0, 0.1) is 0 Å². The van der Waals surface area contributed by atoms with Crippen molar-refractivity contribution < 1.29 is 8.95 Å². The number of nitrogen functional groups attached to an aromatic ring is 1. The van der Waals surface area contributed by atoms with E-state index in [1.54, 1.807) is 18.5 Å². The van der Waals surface area contributed by atoms with E-state index in [-0.39, 0.29) is 11.7 Å². The average molecular weight is 294 g/mol. The summed E-state index contributed by atoms with van der Waals surface area (Å²) in [5.41, 5.74) is 6.44. The number of nitrogens with zero attached hydrogens (tertiary/aromatic N) is 1. The van der Waals surface area contributed by atoms with Crippen LogP contribution in [0.3, 0.4) is 0 Å². The Balaban J connectivity index is 1.62. The Hall–Kier alpha value is -0.940. The predicted molar refractivity (Wildman–Crippen MR) is 79.8 cm³/mol. The first-order valence-electron chi connectivity index (χ1n) is 7.44. The van der Waals surface area contributed by atoms with Crippen molar-refractivity contribution in [2.24, 2.45) is 0 Å². The molecule has 2 N–H and O–H groups in total. The predicted octanol–water partition coefficient (Wildman–Crippen LogP) is 2.65. The fraction of sp³-hybridized carbons (Fsp3) is 0.667. The van der Waals surface area contributed by atoms with Crippen LogP contribution < -0.4 is 5.73 Å². The minimum atomic E-state index is -1.10. The first-order valence-corrected chi connectivity index (χ1v) is 8.76. The van der Waals surface area contributed by atoms with Gasteiger partial charge in [0, 0.05) is 6.20 Å². The number of aromatic nitrogens is 1. The van der Waals surface area contributed by atoms with Crippen LogP contribution in [-0.2, 0) is 15.5 Å². The van der Waals surface area contributed by atoms with Gasteiger partial charge in [-0.1, -0.05) is 19.3 Å². The number of anilines is 1. The summed E-state index contributed by atoms with van der Waals surface area (Å²) in [4.78, 5) is 4.62. The van der Waals surface area contributed by atoms with Gasteiger partial charge in [0.25, 0.3) is 0 Å². The van der Waals surface area contributed by atoms with Crippen molar-refractivity contribution in [2.75, 3.05) is 11.5 Å². The Labute approximate surface area is 122 Å². The molecule has 2 unspecified atom stereocenters. The molecule has 1 spiro atoms. The quantitative estimate of drug-likeness (QED) is 0.930. The number of pyridine rings is 1. The number of nitrogens with two attached hydrogens (primary N) is 1. The van der Waals surface area contributed by atoms with Crippen LogP contribution >= 0.6 is 0 Å². The average Bonchev–Trinajstić information content (AvgIpc) is 2.82. The van der Waals surface area contributed by atoms with Crippen LogP contribution in [0.2, 0.25) is 0 Å². The van der Waals surface area contributed by atoms with Gasteiger partial charge in [-0.05, 0) is 31.7 Å². The fourth-order valence-corrected chi connectivity index (χ4v) is 4.72. The molecular formula is C15H22N2O2S. The molecule has 2 fully saturated rings. The van der Waals surface area contributed by atoms with Gasteiger partial charge in [-0.2, -0.15) is 0 Å². The largest absolute Gasteiger partial charge is 0.396 e. The number of rotatable bonds is 3. The van der Waals surface area contributed by atoms with Gasteiger partial charge in [-0.3, -0.25) is 9.19 Å². The summed E-state index contributed by atoms with van der Waals surface area (Å²) >= 11 is 0. The molecule has 1 saturated heterocycles. The van der Waals surface area contributed by atoms with Crippen molar-refractivity contribution in [3.8, 4) is 0 Å². The van der Waals surface area contributed by atoms with Gasteiger partial charge in [-0.15, -0.1) is 0 Å². The van der Waals surface area contributed by atoms with E-state index >= 15 is 0 Å². The highest BCUT2D eigenvalue weighted by Crippen LogP contribution is 2.42. The topological polar surface area (TPSA) is 65.2 Å². The van der Waals surface area contributed by atoms with Crippen molar-refractivity contribution in [1.82, 2.24) is 4.98 Å². The molecule has 2 aliphatic rings. The zero-order valence-corrected chi connectivity index (χ0v) is 12.5. The third kappa shape index (κ3) is 2.88. The molecule has 0 amide bonds. The lowest BCUT2D eigenvalue weighted by atomic mass is 9.83. The molecule has 1 aliphatic carbocycles. The highest BCUT2D eigenvalue weighted by Gasteiger charge is 2.41. The second-order valence-electron chi connectivity index (χ2n) is 5.95. The summed E-state index contributed by atoms with van der Waals surface area (Å²) in [5, 5.41) is 0. The maximum Gasteiger partial charge on any atom is 0.0702 e. The molecule has 0 bridgehead atoms. The zero-order chi connectivity index (χ0) is 14.0. The van der Waals surface area contributed by atoms with Crippen molar-refractivity contribution >= 4 is 16.5 Å². The van der Waals surface area contributed by atoms with E-state index in [1.807, 2.05) is 0 Å². The summed E-state index contributed by atoms with van der Waals surface area (Å²) in [6, 6.07) is 1.75. The van der Waals surface area contributed by atoms with Crippen LogP contribution in [-0.4, -0.2) is 26.7 Å². The van der Waals surface area contributed by atoms with Gasteiger partial charge in [0.15, 0.2) is 0 Å². The monoisotopic (exact) mass is 294 g/mol. The Bertz CT molecular complexity index is 500. The van der Waals surface area contributed by atoms with Crippen molar-refractivity contribution in [3.63, 3.8) is 0 Å². The minimum absolute atomic E-state index is 0.0942. The molecule has 1 aromatic heterocycles. The third-order valence-corrected chi connectivity index (χ3v) is 6.03. The summed E-state index contributed by atoms with van der Waals surface area (Å²) in [6.45, 7) is 0. The normalized spacial score (nSPS) is 26.7. The van der Waals surface area contributed by atoms with Crippen LogP contribution in [0.15, 0.2) is 23.4 Å². The molecule has 1 aromatic rings. The van der Waals surface area contributed by atoms with Crippen LogP contribution in [0.5, 0.6) is 0 Å². The molecule has 4 nitrogen and oxygen atoms in total.